The molecular formula is C19H20N2O2S. The van der Waals surface area contributed by atoms with Crippen LogP contribution in [0.4, 0.5) is 0 Å². The second kappa shape index (κ2) is 8.84. The Balaban J connectivity index is 1.60. The van der Waals surface area contributed by atoms with E-state index in [0.29, 0.717) is 12.2 Å². The van der Waals surface area contributed by atoms with E-state index < -0.39 is 0 Å². The van der Waals surface area contributed by atoms with Crippen LogP contribution in [0.5, 0.6) is 0 Å². The van der Waals surface area contributed by atoms with Gasteiger partial charge in [0, 0.05) is 17.9 Å². The summed E-state index contributed by atoms with van der Waals surface area (Å²) in [6.07, 6.45) is 3.18. The molecule has 4 nitrogen and oxygen atoms in total. The van der Waals surface area contributed by atoms with Crippen molar-refractivity contribution >= 4 is 11.8 Å². The topological polar surface area (TPSA) is 55.1 Å². The van der Waals surface area contributed by atoms with Gasteiger partial charge >= 0.3 is 0 Å². The highest BCUT2D eigenvalue weighted by Crippen LogP contribution is 2.25. The van der Waals surface area contributed by atoms with Gasteiger partial charge in [0.1, 0.15) is 11.1 Å². The normalized spacial score (nSPS) is 17.4. The predicted octanol–water partition coefficient (Wildman–Crippen LogP) is 4.26. The smallest absolute Gasteiger partial charge is 0.157 e. The molecule has 1 atom stereocenters. The number of aromatic nitrogens is 1. The molecule has 0 saturated carbocycles. The van der Waals surface area contributed by atoms with Crippen molar-refractivity contribution in [3.8, 4) is 17.3 Å². The molecule has 0 unspecified atom stereocenters. The Bertz CT molecular complexity index is 694. The maximum atomic E-state index is 9.29. The number of nitrogens with zero attached hydrogens (tertiary/aromatic N) is 2. The molecule has 2 aromatic rings. The van der Waals surface area contributed by atoms with Crippen molar-refractivity contribution in [2.24, 2.45) is 0 Å². The summed E-state index contributed by atoms with van der Waals surface area (Å²) >= 11 is 1.55. The maximum Gasteiger partial charge on any atom is 0.157 e. The average molecular weight is 340 g/mol. The van der Waals surface area contributed by atoms with E-state index in [9.17, 15) is 5.26 Å². The highest BCUT2D eigenvalue weighted by Gasteiger charge is 2.14. The lowest BCUT2D eigenvalue weighted by Crippen LogP contribution is -2.23. The fourth-order valence-electron chi connectivity index (χ4n) is 2.57. The molecule has 5 heteroatoms. The lowest BCUT2D eigenvalue weighted by molar-refractivity contribution is -0.158. The first-order chi connectivity index (χ1) is 11.9. The fraction of sp³-hybridized carbons (Fsp3) is 0.368. The van der Waals surface area contributed by atoms with Gasteiger partial charge in [0.2, 0.25) is 0 Å². The van der Waals surface area contributed by atoms with Crippen molar-refractivity contribution in [2.75, 3.05) is 19.0 Å². The summed E-state index contributed by atoms with van der Waals surface area (Å²) in [5.74, 6) is 0.750. The molecule has 1 aromatic carbocycles. The first-order valence-corrected chi connectivity index (χ1v) is 9.18. The van der Waals surface area contributed by atoms with E-state index in [2.05, 4.69) is 11.1 Å². The minimum atomic E-state index is -0.0709. The van der Waals surface area contributed by atoms with E-state index in [0.717, 1.165) is 47.9 Å². The quantitative estimate of drug-likeness (QED) is 0.581. The van der Waals surface area contributed by atoms with Crippen LogP contribution in [0.1, 0.15) is 24.8 Å². The molecule has 3 rings (SSSR count). The van der Waals surface area contributed by atoms with Crippen LogP contribution >= 0.6 is 11.8 Å². The number of thioether (sulfide) groups is 1. The molecule has 0 aliphatic carbocycles. The van der Waals surface area contributed by atoms with Crippen molar-refractivity contribution in [1.82, 2.24) is 4.98 Å². The number of hydrogen-bond acceptors (Lipinski definition) is 5. The van der Waals surface area contributed by atoms with Gasteiger partial charge in [0.05, 0.1) is 17.9 Å². The van der Waals surface area contributed by atoms with Gasteiger partial charge in [0.15, 0.2) is 6.29 Å². The van der Waals surface area contributed by atoms with Crippen molar-refractivity contribution in [2.45, 2.75) is 30.6 Å². The average Bonchev–Trinajstić information content (AvgIpc) is 2.66. The molecule has 1 fully saturated rings. The van der Waals surface area contributed by atoms with Gasteiger partial charge in [-0.3, -0.25) is 0 Å². The SMILES string of the molecule is N#Cc1ccc(-c2ccccc2)nc1SCCO[C@@H]1CCCCO1. The molecule has 0 bridgehead atoms. The van der Waals surface area contributed by atoms with Crippen LogP contribution in [0.3, 0.4) is 0 Å². The first kappa shape index (κ1) is 17.0. The zero-order chi connectivity index (χ0) is 16.6. The number of pyridine rings is 1. The van der Waals surface area contributed by atoms with Crippen LogP contribution in [0, 0.1) is 11.3 Å². The third kappa shape index (κ3) is 4.57. The lowest BCUT2D eigenvalue weighted by atomic mass is 10.1. The van der Waals surface area contributed by atoms with Gasteiger partial charge in [-0.25, -0.2) is 4.98 Å². The van der Waals surface area contributed by atoms with Gasteiger partial charge in [-0.05, 0) is 31.4 Å². The molecule has 1 aliphatic rings. The Morgan fingerprint density at radius 3 is 2.83 bits per heavy atom. The summed E-state index contributed by atoms with van der Waals surface area (Å²) in [4.78, 5) is 4.65. The largest absolute Gasteiger partial charge is 0.353 e. The van der Waals surface area contributed by atoms with Crippen molar-refractivity contribution < 1.29 is 9.47 Å². The van der Waals surface area contributed by atoms with Gasteiger partial charge in [-0.15, -0.1) is 11.8 Å². The van der Waals surface area contributed by atoms with Crippen molar-refractivity contribution in [1.29, 1.82) is 5.26 Å². The molecule has 0 spiro atoms. The van der Waals surface area contributed by atoms with E-state index >= 15 is 0 Å². The van der Waals surface area contributed by atoms with Crippen LogP contribution in [0.25, 0.3) is 11.3 Å². The molecule has 0 radical (unpaired) electrons. The Morgan fingerprint density at radius 2 is 2.08 bits per heavy atom. The first-order valence-electron chi connectivity index (χ1n) is 8.19. The molecule has 1 saturated heterocycles. The molecule has 24 heavy (non-hydrogen) atoms. The Hall–Kier alpha value is -1.87. The molecule has 1 aliphatic heterocycles. The number of ether oxygens (including phenoxy) is 2. The molecule has 124 valence electrons. The lowest BCUT2D eigenvalue weighted by Gasteiger charge is -2.22. The van der Waals surface area contributed by atoms with E-state index in [1.807, 2.05) is 42.5 Å². The Kier molecular flexibility index (Phi) is 6.25. The number of benzene rings is 1. The van der Waals surface area contributed by atoms with Crippen LogP contribution in [-0.2, 0) is 9.47 Å². The summed E-state index contributed by atoms with van der Waals surface area (Å²) in [5, 5.41) is 10.0. The summed E-state index contributed by atoms with van der Waals surface area (Å²) in [5.41, 5.74) is 2.54. The Labute approximate surface area is 146 Å². The standard InChI is InChI=1S/C19H20N2O2S/c20-14-16-9-10-17(15-6-2-1-3-7-15)21-19(16)24-13-12-23-18-8-4-5-11-22-18/h1-3,6-7,9-10,18H,4-5,8,11-13H2/t18-/m1/s1. The van der Waals surface area contributed by atoms with Gasteiger partial charge in [-0.2, -0.15) is 5.26 Å². The van der Waals surface area contributed by atoms with Crippen LogP contribution in [0.15, 0.2) is 47.5 Å². The van der Waals surface area contributed by atoms with Gasteiger partial charge < -0.3 is 9.47 Å². The zero-order valence-corrected chi connectivity index (χ0v) is 14.3. The minimum Gasteiger partial charge on any atom is -0.353 e. The minimum absolute atomic E-state index is 0.0709. The third-order valence-corrected chi connectivity index (χ3v) is 4.77. The van der Waals surface area contributed by atoms with Gasteiger partial charge in [-0.1, -0.05) is 30.3 Å². The van der Waals surface area contributed by atoms with Crippen LogP contribution < -0.4 is 0 Å². The second-order valence-electron chi connectivity index (χ2n) is 5.54. The molecule has 1 aromatic heterocycles. The van der Waals surface area contributed by atoms with E-state index in [1.54, 1.807) is 11.8 Å². The third-order valence-electron chi connectivity index (χ3n) is 3.81. The van der Waals surface area contributed by atoms with Gasteiger partial charge in [0.25, 0.3) is 0 Å². The summed E-state index contributed by atoms with van der Waals surface area (Å²) in [6, 6.07) is 15.9. The second-order valence-corrected chi connectivity index (χ2v) is 6.63. The zero-order valence-electron chi connectivity index (χ0n) is 13.5. The highest BCUT2D eigenvalue weighted by atomic mass is 32.2. The highest BCUT2D eigenvalue weighted by molar-refractivity contribution is 7.99. The fourth-order valence-corrected chi connectivity index (χ4v) is 3.37. The monoisotopic (exact) mass is 340 g/mol. The van der Waals surface area contributed by atoms with E-state index in [4.69, 9.17) is 9.47 Å². The summed E-state index contributed by atoms with van der Waals surface area (Å²) in [7, 11) is 0. The van der Waals surface area contributed by atoms with Crippen LogP contribution in [-0.4, -0.2) is 30.2 Å². The summed E-state index contributed by atoms with van der Waals surface area (Å²) < 4.78 is 11.3. The molecule has 0 amide bonds. The summed E-state index contributed by atoms with van der Waals surface area (Å²) in [6.45, 7) is 1.38. The Morgan fingerprint density at radius 1 is 1.21 bits per heavy atom. The van der Waals surface area contributed by atoms with E-state index in [1.165, 1.54) is 0 Å². The predicted molar refractivity (Wildman–Crippen MR) is 94.7 cm³/mol. The maximum absolute atomic E-state index is 9.29. The molecular weight excluding hydrogens is 320 g/mol. The number of nitriles is 1. The van der Waals surface area contributed by atoms with Crippen molar-refractivity contribution in [3.63, 3.8) is 0 Å². The van der Waals surface area contributed by atoms with Crippen LogP contribution in [0.2, 0.25) is 0 Å². The molecule has 2 heterocycles. The molecule has 0 N–H and O–H groups in total. The van der Waals surface area contributed by atoms with Crippen molar-refractivity contribution in [3.05, 3.63) is 48.0 Å². The number of hydrogen-bond donors (Lipinski definition) is 0. The van der Waals surface area contributed by atoms with E-state index in [-0.39, 0.29) is 6.29 Å². The number of rotatable bonds is 6.